The molecule has 1 N–H and O–H groups in total. The molecule has 4 heteroatoms. The zero-order valence-corrected chi connectivity index (χ0v) is 12.3. The van der Waals surface area contributed by atoms with Crippen molar-refractivity contribution in [3.05, 3.63) is 10.2 Å². The average molecular weight is 335 g/mol. The lowest BCUT2D eigenvalue weighted by atomic mass is 9.87. The fourth-order valence-corrected chi connectivity index (χ4v) is 2.69. The smallest absolute Gasteiger partial charge is 0.0639 e. The molecule has 1 saturated heterocycles. The molecule has 0 aromatic heterocycles. The number of likely N-dealkylation sites (tertiary alicyclic amines) is 1. The summed E-state index contributed by atoms with van der Waals surface area (Å²) in [6.07, 6.45) is 4.99. The Kier molecular flexibility index (Phi) is 6.87. The number of aliphatic hydroxyl groups is 1. The van der Waals surface area contributed by atoms with Gasteiger partial charge in [-0.05, 0) is 30.4 Å². The molecule has 1 rings (SSSR count). The highest BCUT2D eigenvalue weighted by Crippen LogP contribution is 2.24. The minimum Gasteiger partial charge on any atom is -0.393 e. The number of ether oxygens (including phenoxy) is 1. The van der Waals surface area contributed by atoms with Crippen LogP contribution in [-0.4, -0.2) is 49.5 Å². The molecule has 3 atom stereocenters. The van der Waals surface area contributed by atoms with Crippen LogP contribution in [0.5, 0.6) is 0 Å². The Morgan fingerprint density at radius 3 is 3.00 bits per heavy atom. The van der Waals surface area contributed by atoms with E-state index in [0.29, 0.717) is 0 Å². The first-order chi connectivity index (χ1) is 7.69. The van der Waals surface area contributed by atoms with Crippen LogP contribution in [0.3, 0.4) is 0 Å². The van der Waals surface area contributed by atoms with Gasteiger partial charge in [-0.2, -0.15) is 0 Å². The van der Waals surface area contributed by atoms with Gasteiger partial charge in [0.1, 0.15) is 0 Å². The van der Waals surface area contributed by atoms with E-state index in [9.17, 15) is 5.11 Å². The third kappa shape index (κ3) is 4.31. The van der Waals surface area contributed by atoms with Crippen LogP contribution in [0.1, 0.15) is 19.3 Å². The van der Waals surface area contributed by atoms with E-state index in [0.717, 1.165) is 32.4 Å². The Morgan fingerprint density at radius 2 is 2.38 bits per heavy atom. The quantitative estimate of drug-likeness (QED) is 0.781. The average Bonchev–Trinajstić information content (AvgIpc) is 2.28. The van der Waals surface area contributed by atoms with Crippen LogP contribution in [0.15, 0.2) is 10.2 Å². The summed E-state index contributed by atoms with van der Waals surface area (Å²) < 4.78 is 7.57. The number of hydrogen-bond acceptors (Lipinski definition) is 3. The van der Waals surface area contributed by atoms with Crippen molar-refractivity contribution in [2.75, 3.05) is 27.2 Å². The molecule has 0 spiro atoms. The summed E-state index contributed by atoms with van der Waals surface area (Å²) in [5.74, 6) is 0.256. The first-order valence-electron chi connectivity index (χ1n) is 5.83. The van der Waals surface area contributed by atoms with Crippen molar-refractivity contribution in [2.24, 2.45) is 5.92 Å². The number of allylic oxidation sites excluding steroid dienone is 1. The van der Waals surface area contributed by atoms with E-state index in [4.69, 9.17) is 4.74 Å². The van der Waals surface area contributed by atoms with Crippen molar-refractivity contribution in [1.29, 1.82) is 0 Å². The first kappa shape index (κ1) is 14.4. The second-order valence-electron chi connectivity index (χ2n) is 4.50. The molecule has 0 radical (unpaired) electrons. The summed E-state index contributed by atoms with van der Waals surface area (Å²) in [6, 6.07) is 0. The zero-order valence-electron chi connectivity index (χ0n) is 10.1. The van der Waals surface area contributed by atoms with Gasteiger partial charge < -0.3 is 14.7 Å². The van der Waals surface area contributed by atoms with Gasteiger partial charge in [0.05, 0.1) is 12.2 Å². The Labute approximate surface area is 112 Å². The van der Waals surface area contributed by atoms with Crippen LogP contribution in [0.25, 0.3) is 0 Å². The molecule has 1 aliphatic rings. The second-order valence-corrected chi connectivity index (χ2v) is 5.21. The van der Waals surface area contributed by atoms with Gasteiger partial charge in [-0.15, -0.1) is 0 Å². The van der Waals surface area contributed by atoms with E-state index in [-0.39, 0.29) is 18.1 Å². The van der Waals surface area contributed by atoms with Crippen LogP contribution >= 0.6 is 22.6 Å². The predicted molar refractivity (Wildman–Crippen MR) is 74.8 cm³/mol. The summed E-state index contributed by atoms with van der Waals surface area (Å²) >= 11 is 2.23. The van der Waals surface area contributed by atoms with Gasteiger partial charge in [-0.25, -0.2) is 0 Å². The van der Waals surface area contributed by atoms with E-state index in [1.807, 2.05) is 4.08 Å². The van der Waals surface area contributed by atoms with Crippen molar-refractivity contribution in [3.63, 3.8) is 0 Å². The van der Waals surface area contributed by atoms with E-state index in [1.54, 1.807) is 7.11 Å². The lowest BCUT2D eigenvalue weighted by Gasteiger charge is -2.38. The van der Waals surface area contributed by atoms with Crippen LogP contribution in [0.2, 0.25) is 0 Å². The molecule has 16 heavy (non-hydrogen) atoms. The molecule has 3 unspecified atom stereocenters. The minimum atomic E-state index is -0.204. The SMILES string of the molecule is COC(CC/C=C/[123I])C1CN(C)CCC1O. The molecule has 0 bridgehead atoms. The molecule has 94 valence electrons. The maximum atomic E-state index is 10.0. The van der Waals surface area contributed by atoms with Crippen molar-refractivity contribution in [2.45, 2.75) is 31.5 Å². The van der Waals surface area contributed by atoms with Gasteiger partial charge in [0, 0.05) is 26.1 Å². The highest BCUT2D eigenvalue weighted by molar-refractivity contribution is 14.1. The van der Waals surface area contributed by atoms with Gasteiger partial charge in [-0.1, -0.05) is 28.7 Å². The number of nitrogens with zero attached hydrogens (tertiary/aromatic N) is 1. The summed E-state index contributed by atoms with van der Waals surface area (Å²) in [7, 11) is 3.86. The molecule has 0 aromatic carbocycles. The monoisotopic (exact) mass is 335 g/mol. The minimum absolute atomic E-state index is 0.172. The summed E-state index contributed by atoms with van der Waals surface area (Å²) in [4.78, 5) is 2.28. The molecule has 0 saturated carbocycles. The topological polar surface area (TPSA) is 32.7 Å². The van der Waals surface area contributed by atoms with Crippen LogP contribution in [0.4, 0.5) is 0 Å². The number of hydrogen-bond donors (Lipinski definition) is 1. The molecule has 0 aliphatic carbocycles. The Hall–Kier alpha value is 0.350. The zero-order chi connectivity index (χ0) is 12.0. The maximum Gasteiger partial charge on any atom is 0.0639 e. The lowest BCUT2D eigenvalue weighted by Crippen LogP contribution is -2.47. The molecule has 1 aliphatic heterocycles. The molecular weight excluding hydrogens is 313 g/mol. The van der Waals surface area contributed by atoms with Crippen LogP contribution < -0.4 is 0 Å². The third-order valence-corrected chi connectivity index (χ3v) is 3.82. The fourth-order valence-electron chi connectivity index (χ4n) is 2.34. The summed E-state index contributed by atoms with van der Waals surface area (Å²) in [6.45, 7) is 1.93. The second kappa shape index (κ2) is 7.63. The van der Waals surface area contributed by atoms with E-state index >= 15 is 0 Å². The molecule has 3 nitrogen and oxygen atoms in total. The number of aliphatic hydroxyl groups excluding tert-OH is 1. The van der Waals surface area contributed by atoms with Crippen LogP contribution in [0, 0.1) is 5.92 Å². The largest absolute Gasteiger partial charge is 0.393 e. The van der Waals surface area contributed by atoms with Gasteiger partial charge in [0.15, 0.2) is 0 Å². The lowest BCUT2D eigenvalue weighted by molar-refractivity contribution is -0.0528. The van der Waals surface area contributed by atoms with Gasteiger partial charge in [-0.3, -0.25) is 0 Å². The summed E-state index contributed by atoms with van der Waals surface area (Å²) in [5, 5.41) is 10.0. The fraction of sp³-hybridized carbons (Fsp3) is 0.833. The van der Waals surface area contributed by atoms with Crippen molar-refractivity contribution in [1.82, 2.24) is 4.90 Å². The van der Waals surface area contributed by atoms with Crippen LogP contribution in [-0.2, 0) is 4.74 Å². The van der Waals surface area contributed by atoms with Gasteiger partial charge in [0.2, 0.25) is 0 Å². The highest BCUT2D eigenvalue weighted by Gasteiger charge is 2.32. The van der Waals surface area contributed by atoms with E-state index in [1.165, 1.54) is 0 Å². The number of methoxy groups -OCH3 is 1. The maximum absolute atomic E-state index is 10.0. The third-order valence-electron chi connectivity index (χ3n) is 3.31. The Bertz CT molecular complexity index is 223. The summed E-state index contributed by atoms with van der Waals surface area (Å²) in [5.41, 5.74) is 0. The predicted octanol–water partition coefficient (Wildman–Crippen LogP) is 2.04. The number of piperidine rings is 1. The number of rotatable bonds is 5. The van der Waals surface area contributed by atoms with Crippen molar-refractivity contribution >= 4 is 22.6 Å². The van der Waals surface area contributed by atoms with E-state index in [2.05, 4.69) is 40.6 Å². The molecule has 0 aromatic rings. The molecule has 1 heterocycles. The van der Waals surface area contributed by atoms with Gasteiger partial charge >= 0.3 is 0 Å². The Morgan fingerprint density at radius 1 is 1.62 bits per heavy atom. The first-order valence-corrected chi connectivity index (χ1v) is 7.08. The number of halogens is 1. The molecule has 0 amide bonds. The van der Waals surface area contributed by atoms with E-state index < -0.39 is 0 Å². The van der Waals surface area contributed by atoms with Crippen molar-refractivity contribution < 1.29 is 9.84 Å². The molecule has 1 fully saturated rings. The molecular formula is C12H22INO2. The van der Waals surface area contributed by atoms with Gasteiger partial charge in [0.25, 0.3) is 0 Å². The van der Waals surface area contributed by atoms with Crippen molar-refractivity contribution in [3.8, 4) is 0 Å². The highest BCUT2D eigenvalue weighted by atomic mass is 123. The standard InChI is InChI=1S/C12H22INO2/c1-14-8-6-11(15)10(9-14)12(16-2)5-3-4-7-13/h4,7,10-12,15H,3,5-6,8-9H2,1-2H3/b7-4+/i13-4. The normalized spacial score (nSPS) is 29.8. The Balaban J connectivity index is 2.48.